The first-order valence-electron chi connectivity index (χ1n) is 6.89. The Hall–Kier alpha value is -1.25. The Morgan fingerprint density at radius 2 is 1.91 bits per heavy atom. The second-order valence-corrected chi connectivity index (χ2v) is 5.83. The van der Waals surface area contributed by atoms with Gasteiger partial charge in [0, 0.05) is 10.4 Å². The topological polar surface area (TPSA) is 69.6 Å². The molecule has 0 saturated carbocycles. The molecule has 6 heteroatoms. The molecule has 0 aliphatic rings. The predicted molar refractivity (Wildman–Crippen MR) is 84.1 cm³/mol. The molecule has 0 saturated heterocycles. The van der Waals surface area contributed by atoms with E-state index < -0.39 is 12.1 Å². The van der Waals surface area contributed by atoms with Crippen molar-refractivity contribution in [3.63, 3.8) is 0 Å². The smallest absolute Gasteiger partial charge is 0.550 e. The van der Waals surface area contributed by atoms with Crippen LogP contribution in [0, 0.1) is 0 Å². The van der Waals surface area contributed by atoms with Crippen LogP contribution in [0.1, 0.15) is 30.1 Å². The predicted octanol–water partition coefficient (Wildman–Crippen LogP) is -0.404. The van der Waals surface area contributed by atoms with Gasteiger partial charge in [-0.15, -0.1) is 0 Å². The quantitative estimate of drug-likeness (QED) is 0.673. The van der Waals surface area contributed by atoms with E-state index in [9.17, 15) is 15.0 Å². The number of aliphatic carboxylic acids is 1. The van der Waals surface area contributed by atoms with Crippen molar-refractivity contribution in [3.05, 3.63) is 64.1 Å². The van der Waals surface area contributed by atoms with Crippen molar-refractivity contribution in [1.29, 1.82) is 0 Å². The number of hydrogen-bond donors (Lipinski definition) is 1. The van der Waals surface area contributed by atoms with E-state index in [1.165, 1.54) is 0 Å². The maximum Gasteiger partial charge on any atom is 1.00 e. The SMILES string of the molecule is O=C([O-])CCC(O)c1ccc(OCc2cccc(Br)c2)cc1.[Li+]. The number of hydrogen-bond acceptors (Lipinski definition) is 4. The second-order valence-electron chi connectivity index (χ2n) is 4.91. The number of aliphatic hydroxyl groups is 1. The number of carbonyl (C=O) groups is 1. The first-order valence-corrected chi connectivity index (χ1v) is 7.69. The van der Waals surface area contributed by atoms with Crippen molar-refractivity contribution in [3.8, 4) is 5.75 Å². The molecule has 2 aromatic carbocycles. The fourth-order valence-corrected chi connectivity index (χ4v) is 2.45. The monoisotopic (exact) mass is 370 g/mol. The van der Waals surface area contributed by atoms with Crippen LogP contribution in [0.25, 0.3) is 0 Å². The van der Waals surface area contributed by atoms with Crippen LogP contribution < -0.4 is 28.7 Å². The number of carbonyl (C=O) groups excluding carboxylic acids is 1. The van der Waals surface area contributed by atoms with E-state index in [1.54, 1.807) is 24.3 Å². The summed E-state index contributed by atoms with van der Waals surface area (Å²) in [6, 6.07) is 14.8. The van der Waals surface area contributed by atoms with Crippen LogP contribution in [-0.4, -0.2) is 11.1 Å². The van der Waals surface area contributed by atoms with Gasteiger partial charge in [0.25, 0.3) is 0 Å². The van der Waals surface area contributed by atoms with E-state index in [0.29, 0.717) is 17.9 Å². The molecule has 2 rings (SSSR count). The molecule has 0 heterocycles. The summed E-state index contributed by atoms with van der Waals surface area (Å²) < 4.78 is 6.67. The van der Waals surface area contributed by atoms with Crippen LogP contribution in [0.3, 0.4) is 0 Å². The molecule has 4 nitrogen and oxygen atoms in total. The molecule has 0 radical (unpaired) electrons. The Morgan fingerprint density at radius 3 is 2.52 bits per heavy atom. The van der Waals surface area contributed by atoms with Gasteiger partial charge < -0.3 is 19.7 Å². The molecule has 0 fully saturated rings. The largest absolute Gasteiger partial charge is 1.00 e. The van der Waals surface area contributed by atoms with Gasteiger partial charge >= 0.3 is 18.9 Å². The van der Waals surface area contributed by atoms with Crippen molar-refractivity contribution < 1.29 is 38.6 Å². The van der Waals surface area contributed by atoms with Crippen molar-refractivity contribution in [2.24, 2.45) is 0 Å². The summed E-state index contributed by atoms with van der Waals surface area (Å²) in [7, 11) is 0. The van der Waals surface area contributed by atoms with Crippen LogP contribution in [0.5, 0.6) is 5.75 Å². The molecule has 0 aliphatic carbocycles. The molecule has 0 bridgehead atoms. The normalized spacial score (nSPS) is 11.4. The molecule has 2 aromatic rings. The van der Waals surface area contributed by atoms with Gasteiger partial charge in [-0.3, -0.25) is 0 Å². The summed E-state index contributed by atoms with van der Waals surface area (Å²) >= 11 is 3.41. The van der Waals surface area contributed by atoms with Crippen LogP contribution in [0.4, 0.5) is 0 Å². The first-order chi connectivity index (χ1) is 10.5. The van der Waals surface area contributed by atoms with Gasteiger partial charge in [0.05, 0.1) is 6.10 Å². The van der Waals surface area contributed by atoms with Crippen LogP contribution in [0.15, 0.2) is 53.0 Å². The Morgan fingerprint density at radius 1 is 1.22 bits per heavy atom. The molecule has 1 atom stereocenters. The van der Waals surface area contributed by atoms with Crippen LogP contribution in [0.2, 0.25) is 0 Å². The van der Waals surface area contributed by atoms with Gasteiger partial charge in [-0.05, 0) is 48.2 Å². The molecule has 0 spiro atoms. The number of aliphatic hydroxyl groups excluding tert-OH is 1. The Labute approximate surface area is 155 Å². The Bertz CT molecular complexity index is 631. The third kappa shape index (κ3) is 6.80. The minimum atomic E-state index is -1.16. The molecule has 23 heavy (non-hydrogen) atoms. The number of halogens is 1. The molecular formula is C17H16BrLiO4. The minimum absolute atomic E-state index is 0. The van der Waals surface area contributed by atoms with Gasteiger partial charge in [0.2, 0.25) is 0 Å². The van der Waals surface area contributed by atoms with Gasteiger partial charge in [-0.2, -0.15) is 0 Å². The van der Waals surface area contributed by atoms with E-state index in [2.05, 4.69) is 15.9 Å². The average Bonchev–Trinajstić information content (AvgIpc) is 2.51. The zero-order valence-corrected chi connectivity index (χ0v) is 14.5. The fourth-order valence-electron chi connectivity index (χ4n) is 2.00. The third-order valence-corrected chi connectivity index (χ3v) is 3.67. The molecule has 0 amide bonds. The summed E-state index contributed by atoms with van der Waals surface area (Å²) in [5.74, 6) is -0.469. The molecular weight excluding hydrogens is 355 g/mol. The summed E-state index contributed by atoms with van der Waals surface area (Å²) in [4.78, 5) is 10.4. The Balaban J connectivity index is 0.00000264. The fraction of sp³-hybridized carbons (Fsp3) is 0.235. The van der Waals surface area contributed by atoms with Crippen molar-refractivity contribution in [2.75, 3.05) is 0 Å². The maximum absolute atomic E-state index is 10.4. The molecule has 116 valence electrons. The summed E-state index contributed by atoms with van der Waals surface area (Å²) in [5, 5.41) is 20.2. The van der Waals surface area contributed by atoms with E-state index >= 15 is 0 Å². The summed E-state index contributed by atoms with van der Waals surface area (Å²) in [6.45, 7) is 0.450. The summed E-state index contributed by atoms with van der Waals surface area (Å²) in [5.41, 5.74) is 1.71. The zero-order chi connectivity index (χ0) is 15.9. The number of benzene rings is 2. The number of ether oxygens (including phenoxy) is 1. The van der Waals surface area contributed by atoms with E-state index in [0.717, 1.165) is 10.0 Å². The number of rotatable bonds is 7. The van der Waals surface area contributed by atoms with Gasteiger partial charge in [-0.25, -0.2) is 0 Å². The summed E-state index contributed by atoms with van der Waals surface area (Å²) in [6.07, 6.45) is -0.833. The zero-order valence-electron chi connectivity index (χ0n) is 12.9. The van der Waals surface area contributed by atoms with Crippen LogP contribution >= 0.6 is 15.9 Å². The minimum Gasteiger partial charge on any atom is -0.550 e. The molecule has 0 aliphatic heterocycles. The van der Waals surface area contributed by atoms with E-state index in [-0.39, 0.29) is 31.7 Å². The van der Waals surface area contributed by atoms with Crippen molar-refractivity contribution in [2.45, 2.75) is 25.6 Å². The first kappa shape index (κ1) is 19.8. The van der Waals surface area contributed by atoms with Gasteiger partial charge in [0.1, 0.15) is 12.4 Å². The van der Waals surface area contributed by atoms with Crippen LogP contribution in [-0.2, 0) is 11.4 Å². The van der Waals surface area contributed by atoms with Crippen molar-refractivity contribution >= 4 is 21.9 Å². The maximum atomic E-state index is 10.4. The molecule has 1 N–H and O–H groups in total. The van der Waals surface area contributed by atoms with E-state index in [1.807, 2.05) is 24.3 Å². The van der Waals surface area contributed by atoms with E-state index in [4.69, 9.17) is 4.74 Å². The van der Waals surface area contributed by atoms with Gasteiger partial charge in [-0.1, -0.05) is 40.2 Å². The van der Waals surface area contributed by atoms with Gasteiger partial charge in [0.15, 0.2) is 0 Å². The number of carboxylic acids is 1. The third-order valence-electron chi connectivity index (χ3n) is 3.18. The molecule has 1 unspecified atom stereocenters. The Kier molecular flexibility index (Phi) is 8.43. The average molecular weight is 371 g/mol. The second kappa shape index (κ2) is 9.79. The van der Waals surface area contributed by atoms with Crippen molar-refractivity contribution in [1.82, 2.24) is 0 Å². The standard InChI is InChI=1S/C17H17BrO4.Li/c18-14-3-1-2-12(10-14)11-22-15-6-4-13(5-7-15)16(19)8-9-17(20)21;/h1-7,10,16,19H,8-9,11H2,(H,20,21);/q;+1/p-1. The molecule has 0 aromatic heterocycles. The number of carboxylic acid groups (broad SMARTS) is 1.